The van der Waals surface area contributed by atoms with Crippen LogP contribution in [0.5, 0.6) is 0 Å². The summed E-state index contributed by atoms with van der Waals surface area (Å²) in [6, 6.07) is 8.58. The van der Waals surface area contributed by atoms with Gasteiger partial charge in [0.2, 0.25) is 0 Å². The number of nitrogens with one attached hydrogen (secondary N) is 1. The van der Waals surface area contributed by atoms with Crippen molar-refractivity contribution in [2.45, 2.75) is 58.5 Å². The molecule has 0 spiro atoms. The van der Waals surface area contributed by atoms with E-state index in [9.17, 15) is 5.11 Å². The highest BCUT2D eigenvalue weighted by Crippen LogP contribution is 2.54. The Hall–Kier alpha value is -0.420. The number of aliphatic hydroxyl groups is 1. The molecule has 3 rings (SSSR count). The first-order valence-corrected chi connectivity index (χ1v) is 10.8. The van der Waals surface area contributed by atoms with Crippen LogP contribution in [0.25, 0.3) is 0 Å². The smallest absolute Gasteiger partial charge is 0.0738 e. The molecule has 2 N–H and O–H groups in total. The molecule has 1 aliphatic carbocycles. The van der Waals surface area contributed by atoms with Gasteiger partial charge in [-0.3, -0.25) is 0 Å². The number of halogens is 1. The van der Waals surface area contributed by atoms with Gasteiger partial charge in [-0.2, -0.15) is 0 Å². The van der Waals surface area contributed by atoms with Gasteiger partial charge in [0, 0.05) is 43.1 Å². The highest BCUT2D eigenvalue weighted by Gasteiger charge is 2.50. The summed E-state index contributed by atoms with van der Waals surface area (Å²) in [6.45, 7) is 14.4. The molecule has 1 unspecified atom stereocenters. The Morgan fingerprint density at radius 3 is 2.27 bits per heavy atom. The molecule has 0 amide bonds. The SMILES string of the molecule is CC1(C)CC(C)(C)CC(O)(C(CN2CCNCC2)c2cccc(Br)c2)C1. The molecule has 0 radical (unpaired) electrons. The van der Waals surface area contributed by atoms with Crippen molar-refractivity contribution in [1.29, 1.82) is 0 Å². The van der Waals surface area contributed by atoms with Gasteiger partial charge < -0.3 is 15.3 Å². The molecule has 146 valence electrons. The number of hydrogen-bond donors (Lipinski definition) is 2. The van der Waals surface area contributed by atoms with Gasteiger partial charge in [-0.05, 0) is 47.8 Å². The molecule has 3 nitrogen and oxygen atoms in total. The third-order valence-corrected chi connectivity index (χ3v) is 6.57. The quantitative estimate of drug-likeness (QED) is 0.754. The number of hydrogen-bond acceptors (Lipinski definition) is 3. The average molecular weight is 423 g/mol. The van der Waals surface area contributed by atoms with Crippen LogP contribution in [0, 0.1) is 10.8 Å². The molecule has 1 aromatic carbocycles. The van der Waals surface area contributed by atoms with E-state index in [4.69, 9.17) is 0 Å². The van der Waals surface area contributed by atoms with Gasteiger partial charge in [0.15, 0.2) is 0 Å². The number of benzene rings is 1. The topological polar surface area (TPSA) is 35.5 Å². The Balaban J connectivity index is 1.95. The highest BCUT2D eigenvalue weighted by atomic mass is 79.9. The van der Waals surface area contributed by atoms with Crippen LogP contribution in [0.15, 0.2) is 28.7 Å². The van der Waals surface area contributed by atoms with Gasteiger partial charge >= 0.3 is 0 Å². The van der Waals surface area contributed by atoms with Crippen molar-refractivity contribution in [3.05, 3.63) is 34.3 Å². The predicted octanol–water partition coefficient (Wildman–Crippen LogP) is 4.41. The summed E-state index contributed by atoms with van der Waals surface area (Å²) < 4.78 is 1.10. The lowest BCUT2D eigenvalue weighted by atomic mass is 9.56. The first-order chi connectivity index (χ1) is 12.1. The number of piperazine rings is 1. The van der Waals surface area contributed by atoms with Crippen LogP contribution in [-0.4, -0.2) is 48.3 Å². The Morgan fingerprint density at radius 2 is 1.69 bits per heavy atom. The Kier molecular flexibility index (Phi) is 5.89. The van der Waals surface area contributed by atoms with Gasteiger partial charge in [-0.15, -0.1) is 0 Å². The minimum Gasteiger partial charge on any atom is -0.389 e. The van der Waals surface area contributed by atoms with E-state index in [1.807, 2.05) is 0 Å². The summed E-state index contributed by atoms with van der Waals surface area (Å²) in [5.41, 5.74) is 0.902. The van der Waals surface area contributed by atoms with E-state index in [2.05, 4.69) is 78.1 Å². The van der Waals surface area contributed by atoms with Crippen LogP contribution in [0.3, 0.4) is 0 Å². The van der Waals surface area contributed by atoms with Crippen LogP contribution in [-0.2, 0) is 0 Å². The van der Waals surface area contributed by atoms with Crippen LogP contribution < -0.4 is 5.32 Å². The molecular weight excluding hydrogens is 388 g/mol. The third kappa shape index (κ3) is 4.89. The molecule has 0 bridgehead atoms. The number of nitrogens with zero attached hydrogens (tertiary/aromatic N) is 1. The van der Waals surface area contributed by atoms with Crippen molar-refractivity contribution in [1.82, 2.24) is 10.2 Å². The molecule has 1 aliphatic heterocycles. The predicted molar refractivity (Wildman–Crippen MR) is 113 cm³/mol. The minimum atomic E-state index is -0.670. The zero-order valence-corrected chi connectivity index (χ0v) is 18.4. The molecule has 0 aromatic heterocycles. The largest absolute Gasteiger partial charge is 0.389 e. The molecule has 1 saturated heterocycles. The molecule has 2 aliphatic rings. The van der Waals surface area contributed by atoms with E-state index in [1.165, 1.54) is 12.0 Å². The van der Waals surface area contributed by atoms with Gasteiger partial charge in [0.05, 0.1) is 5.60 Å². The Labute approximate surface area is 167 Å². The van der Waals surface area contributed by atoms with Crippen molar-refractivity contribution in [3.63, 3.8) is 0 Å². The fourth-order valence-electron chi connectivity index (χ4n) is 5.85. The second-order valence-electron chi connectivity index (χ2n) is 10.1. The van der Waals surface area contributed by atoms with Gasteiger partial charge in [0.25, 0.3) is 0 Å². The molecular formula is C22H35BrN2O. The molecule has 1 aromatic rings. The summed E-state index contributed by atoms with van der Waals surface area (Å²) in [5.74, 6) is 0.136. The van der Waals surface area contributed by atoms with Crippen molar-refractivity contribution < 1.29 is 5.11 Å². The van der Waals surface area contributed by atoms with Gasteiger partial charge in [-0.1, -0.05) is 55.8 Å². The highest BCUT2D eigenvalue weighted by molar-refractivity contribution is 9.10. The molecule has 1 atom stereocenters. The first-order valence-electron chi connectivity index (χ1n) is 10.00. The normalized spacial score (nSPS) is 26.4. The van der Waals surface area contributed by atoms with Crippen molar-refractivity contribution in [3.8, 4) is 0 Å². The summed E-state index contributed by atoms with van der Waals surface area (Å²) >= 11 is 3.64. The van der Waals surface area contributed by atoms with Gasteiger partial charge in [0.1, 0.15) is 0 Å². The van der Waals surface area contributed by atoms with Crippen LogP contribution in [0.1, 0.15) is 58.4 Å². The minimum absolute atomic E-state index is 0.136. The number of rotatable bonds is 4. The Morgan fingerprint density at radius 1 is 1.08 bits per heavy atom. The lowest BCUT2D eigenvalue weighted by Gasteiger charge is -2.53. The summed E-state index contributed by atoms with van der Waals surface area (Å²) in [5, 5.41) is 15.5. The monoisotopic (exact) mass is 422 g/mol. The fraction of sp³-hybridized carbons (Fsp3) is 0.727. The van der Waals surface area contributed by atoms with E-state index in [0.717, 1.165) is 50.0 Å². The molecule has 2 fully saturated rings. The second kappa shape index (κ2) is 7.54. The zero-order valence-electron chi connectivity index (χ0n) is 16.8. The molecule has 26 heavy (non-hydrogen) atoms. The van der Waals surface area contributed by atoms with Crippen LogP contribution in [0.2, 0.25) is 0 Å². The first kappa shape index (κ1) is 20.3. The lowest BCUT2D eigenvalue weighted by Crippen LogP contribution is -2.54. The third-order valence-electron chi connectivity index (χ3n) is 6.08. The van der Waals surface area contributed by atoms with Gasteiger partial charge in [-0.25, -0.2) is 0 Å². The van der Waals surface area contributed by atoms with E-state index < -0.39 is 5.60 Å². The average Bonchev–Trinajstić information content (AvgIpc) is 2.50. The second-order valence-corrected chi connectivity index (χ2v) is 11.0. The molecule has 4 heteroatoms. The molecule has 1 heterocycles. The van der Waals surface area contributed by atoms with Crippen LogP contribution in [0.4, 0.5) is 0 Å². The van der Waals surface area contributed by atoms with Crippen molar-refractivity contribution >= 4 is 15.9 Å². The fourth-order valence-corrected chi connectivity index (χ4v) is 6.26. The maximum atomic E-state index is 12.0. The lowest BCUT2D eigenvalue weighted by molar-refractivity contribution is -0.107. The summed E-state index contributed by atoms with van der Waals surface area (Å²) in [6.07, 6.45) is 2.90. The standard InChI is InChI=1S/C22H35BrN2O/c1-20(2)14-21(3,4)16-22(26,15-20)19(13-25-10-8-24-9-11-25)17-6-5-7-18(23)12-17/h5-7,12,19,24,26H,8-11,13-16H2,1-4H3. The zero-order chi connectivity index (χ0) is 19.0. The van der Waals surface area contributed by atoms with Crippen LogP contribution >= 0.6 is 15.9 Å². The van der Waals surface area contributed by atoms with E-state index >= 15 is 0 Å². The van der Waals surface area contributed by atoms with E-state index in [0.29, 0.717) is 0 Å². The van der Waals surface area contributed by atoms with Crippen molar-refractivity contribution in [2.75, 3.05) is 32.7 Å². The summed E-state index contributed by atoms with van der Waals surface area (Å²) in [7, 11) is 0. The molecule has 1 saturated carbocycles. The Bertz CT molecular complexity index is 606. The van der Waals surface area contributed by atoms with Crippen molar-refractivity contribution in [2.24, 2.45) is 10.8 Å². The maximum absolute atomic E-state index is 12.0. The maximum Gasteiger partial charge on any atom is 0.0738 e. The summed E-state index contributed by atoms with van der Waals surface area (Å²) in [4.78, 5) is 2.52. The van der Waals surface area contributed by atoms with E-state index in [1.54, 1.807) is 0 Å². The van der Waals surface area contributed by atoms with E-state index in [-0.39, 0.29) is 16.7 Å².